The summed E-state index contributed by atoms with van der Waals surface area (Å²) in [5.74, 6) is 0. The van der Waals surface area contributed by atoms with E-state index in [2.05, 4.69) is 90.4 Å². The summed E-state index contributed by atoms with van der Waals surface area (Å²) in [5.41, 5.74) is 0. The second-order valence-electron chi connectivity index (χ2n) is 8.03. The normalized spacial score (nSPS) is 12.1. The molecule has 0 fully saturated rings. The van der Waals surface area contributed by atoms with Gasteiger partial charge in [0.1, 0.15) is 0 Å². The molecule has 0 bridgehead atoms. The van der Waals surface area contributed by atoms with Crippen LogP contribution in [-0.2, 0) is 0 Å². The Morgan fingerprint density at radius 2 is 1.04 bits per heavy atom. The third-order valence-corrected chi connectivity index (χ3v) is 26.0. The standard InChI is InChI=1S/C14H12As.3C4H9.Sn/c1-2-15(13-9-5-3-6-10-13)14-11-7-4-8-12-14;3*1-3-4-2;/h1-12H;3*1,3-4H2,2H3;. The van der Waals surface area contributed by atoms with Crippen LogP contribution in [0.5, 0.6) is 0 Å². The van der Waals surface area contributed by atoms with Gasteiger partial charge >= 0.3 is 184 Å². The van der Waals surface area contributed by atoms with Gasteiger partial charge in [-0.1, -0.05) is 0 Å². The second-order valence-corrected chi connectivity index (χ2v) is 25.4. The monoisotopic (exact) mass is 546 g/mol. The SMILES string of the molecule is CCC[CH2][Sn](/[CH]=C/[As](c1ccccc1)c1ccccc1)([CH2]CCC)[CH2]CCC. The topological polar surface area (TPSA) is 0 Å². The molecule has 2 heteroatoms. The van der Waals surface area contributed by atoms with Crippen LogP contribution in [0.2, 0.25) is 13.3 Å². The molecule has 2 aromatic carbocycles. The van der Waals surface area contributed by atoms with Crippen LogP contribution in [-0.4, -0.2) is 33.0 Å². The summed E-state index contributed by atoms with van der Waals surface area (Å²) >= 11 is -3.58. The van der Waals surface area contributed by atoms with Crippen LogP contribution in [0.3, 0.4) is 0 Å². The summed E-state index contributed by atoms with van der Waals surface area (Å²) < 4.78 is 10.7. The van der Waals surface area contributed by atoms with Crippen molar-refractivity contribution in [2.75, 3.05) is 0 Å². The predicted molar refractivity (Wildman–Crippen MR) is 132 cm³/mol. The van der Waals surface area contributed by atoms with E-state index in [0.29, 0.717) is 0 Å². The van der Waals surface area contributed by atoms with Crippen molar-refractivity contribution in [1.82, 2.24) is 0 Å². The van der Waals surface area contributed by atoms with E-state index in [4.69, 9.17) is 0 Å². The molecule has 0 N–H and O–H groups in total. The molecule has 0 aliphatic carbocycles. The molecule has 0 amide bonds. The van der Waals surface area contributed by atoms with Crippen molar-refractivity contribution in [3.63, 3.8) is 0 Å². The Kier molecular flexibility index (Phi) is 11.7. The quantitative estimate of drug-likeness (QED) is 0.244. The summed E-state index contributed by atoms with van der Waals surface area (Å²) in [7, 11) is 0. The van der Waals surface area contributed by atoms with Crippen molar-refractivity contribution in [1.29, 1.82) is 0 Å². The van der Waals surface area contributed by atoms with E-state index < -0.39 is 33.0 Å². The van der Waals surface area contributed by atoms with Gasteiger partial charge < -0.3 is 0 Å². The van der Waals surface area contributed by atoms with Gasteiger partial charge in [-0.3, -0.25) is 0 Å². The Morgan fingerprint density at radius 1 is 0.643 bits per heavy atom. The van der Waals surface area contributed by atoms with Crippen LogP contribution in [0, 0.1) is 0 Å². The van der Waals surface area contributed by atoms with Crippen molar-refractivity contribution < 1.29 is 0 Å². The maximum atomic E-state index is 2.90. The molecule has 2 aromatic rings. The van der Waals surface area contributed by atoms with Gasteiger partial charge in [-0.2, -0.15) is 0 Å². The maximum absolute atomic E-state index is 2.90. The van der Waals surface area contributed by atoms with Crippen molar-refractivity contribution in [2.24, 2.45) is 0 Å². The summed E-state index contributed by atoms with van der Waals surface area (Å²) in [6, 6.07) is 22.6. The summed E-state index contributed by atoms with van der Waals surface area (Å²) in [6.45, 7) is 7.10. The molecule has 2 rings (SSSR count). The van der Waals surface area contributed by atoms with Crippen LogP contribution in [0.1, 0.15) is 59.3 Å². The Balaban J connectivity index is 2.37. The minimum absolute atomic E-state index is 1.35. The van der Waals surface area contributed by atoms with E-state index in [1.54, 1.807) is 22.0 Å². The van der Waals surface area contributed by atoms with Crippen molar-refractivity contribution in [3.8, 4) is 0 Å². The summed E-state index contributed by atoms with van der Waals surface area (Å²) in [5, 5.41) is 0. The summed E-state index contributed by atoms with van der Waals surface area (Å²) in [6.07, 6.45) is 8.38. The van der Waals surface area contributed by atoms with Crippen LogP contribution >= 0.6 is 0 Å². The van der Waals surface area contributed by atoms with Gasteiger partial charge in [-0.15, -0.1) is 0 Å². The molecule has 0 saturated carbocycles. The van der Waals surface area contributed by atoms with E-state index in [1.165, 1.54) is 38.5 Å². The van der Waals surface area contributed by atoms with E-state index in [-0.39, 0.29) is 0 Å². The Bertz CT molecular complexity index is 604. The van der Waals surface area contributed by atoms with E-state index in [0.717, 1.165) is 0 Å². The molecule has 0 saturated heterocycles. The first-order chi connectivity index (χ1) is 13.7. The molecule has 28 heavy (non-hydrogen) atoms. The van der Waals surface area contributed by atoms with Crippen LogP contribution in [0.15, 0.2) is 69.6 Å². The first kappa shape index (κ1) is 23.8. The van der Waals surface area contributed by atoms with Crippen molar-refractivity contribution in [2.45, 2.75) is 72.6 Å². The van der Waals surface area contributed by atoms with E-state index in [1.807, 2.05) is 0 Å². The Labute approximate surface area is 183 Å². The number of hydrogen-bond donors (Lipinski definition) is 0. The molecule has 0 heterocycles. The molecular formula is C26H39AsSn. The molecule has 0 spiro atoms. The van der Waals surface area contributed by atoms with Crippen LogP contribution < -0.4 is 8.70 Å². The second kappa shape index (κ2) is 13.7. The summed E-state index contributed by atoms with van der Waals surface area (Å²) in [4.78, 5) is 2.76. The molecule has 0 nitrogen and oxygen atoms in total. The van der Waals surface area contributed by atoms with Crippen LogP contribution in [0.4, 0.5) is 0 Å². The van der Waals surface area contributed by atoms with Gasteiger partial charge in [0.2, 0.25) is 0 Å². The fourth-order valence-electron chi connectivity index (χ4n) is 3.94. The van der Waals surface area contributed by atoms with Gasteiger partial charge in [-0.25, -0.2) is 0 Å². The minimum atomic E-state index is -2.22. The van der Waals surface area contributed by atoms with Crippen molar-refractivity contribution >= 4 is 41.7 Å². The molecule has 152 valence electrons. The number of unbranched alkanes of at least 4 members (excludes halogenated alkanes) is 3. The van der Waals surface area contributed by atoms with Gasteiger partial charge in [-0.05, 0) is 0 Å². The number of rotatable bonds is 13. The molecule has 0 unspecified atom stereocenters. The van der Waals surface area contributed by atoms with Crippen LogP contribution in [0.25, 0.3) is 0 Å². The predicted octanol–water partition coefficient (Wildman–Crippen LogP) is 6.78. The number of hydrogen-bond acceptors (Lipinski definition) is 0. The number of benzene rings is 2. The molecule has 0 aliphatic heterocycles. The first-order valence-corrected chi connectivity index (χ1v) is 22.0. The zero-order valence-corrected chi connectivity index (χ0v) is 23.0. The zero-order chi connectivity index (χ0) is 20.1. The van der Waals surface area contributed by atoms with Gasteiger partial charge in [0, 0.05) is 0 Å². The first-order valence-electron chi connectivity index (χ1n) is 11.3. The fraction of sp³-hybridized carbons (Fsp3) is 0.462. The average molecular weight is 545 g/mol. The third-order valence-electron chi connectivity index (χ3n) is 5.73. The molecule has 0 aromatic heterocycles. The molecule has 0 aliphatic rings. The van der Waals surface area contributed by atoms with Crippen molar-refractivity contribution in [3.05, 3.63) is 69.6 Å². The molecular weight excluding hydrogens is 506 g/mol. The third kappa shape index (κ3) is 7.75. The van der Waals surface area contributed by atoms with E-state index in [9.17, 15) is 0 Å². The molecule has 0 radical (unpaired) electrons. The Hall–Kier alpha value is -0.463. The van der Waals surface area contributed by atoms with Gasteiger partial charge in [0.15, 0.2) is 0 Å². The Morgan fingerprint density at radius 3 is 1.39 bits per heavy atom. The fourth-order valence-corrected chi connectivity index (χ4v) is 27.9. The molecule has 0 atom stereocenters. The van der Waals surface area contributed by atoms with Gasteiger partial charge in [0.25, 0.3) is 0 Å². The van der Waals surface area contributed by atoms with Gasteiger partial charge in [0.05, 0.1) is 0 Å². The average Bonchev–Trinajstić information content (AvgIpc) is 2.76. The van der Waals surface area contributed by atoms with E-state index >= 15 is 0 Å². The zero-order valence-electron chi connectivity index (χ0n) is 18.2.